The Kier molecular flexibility index (Phi) is 6.21. The Balaban J connectivity index is 1.17. The molecule has 0 saturated carbocycles. The van der Waals surface area contributed by atoms with Gasteiger partial charge in [-0.2, -0.15) is 0 Å². The number of piperidine rings is 1. The standard InChI is InChI=1S/C28H31N7O2/c1-18-13-20(5-8-25(18)36-22-6-3-19(2)30-15-22)34-26-23-14-21(4-7-24(23)32-17-33-26)35-27-31-16-28(37-27)9-11-29-12-10-28/h3-8,13-14,17,22,29H,9-12,15-16H2,1-2H3,(H,31,35)(H,32,33,34). The van der Waals surface area contributed by atoms with Gasteiger partial charge < -0.3 is 25.4 Å². The van der Waals surface area contributed by atoms with Gasteiger partial charge in [0.25, 0.3) is 6.02 Å². The third-order valence-corrected chi connectivity index (χ3v) is 7.01. The highest BCUT2D eigenvalue weighted by Crippen LogP contribution is 2.31. The largest absolute Gasteiger partial charge is 0.484 e. The number of nitrogens with zero attached hydrogens (tertiary/aromatic N) is 4. The Morgan fingerprint density at radius 1 is 1.00 bits per heavy atom. The molecule has 3 aliphatic heterocycles. The molecule has 0 aliphatic carbocycles. The quantitative estimate of drug-likeness (QED) is 0.480. The van der Waals surface area contributed by atoms with E-state index in [1.54, 1.807) is 6.33 Å². The third-order valence-electron chi connectivity index (χ3n) is 7.01. The zero-order chi connectivity index (χ0) is 25.2. The number of anilines is 3. The molecular weight excluding hydrogens is 466 g/mol. The van der Waals surface area contributed by atoms with Crippen LogP contribution >= 0.6 is 0 Å². The van der Waals surface area contributed by atoms with E-state index in [0.717, 1.165) is 71.1 Å². The molecule has 4 heterocycles. The topological polar surface area (TPSA) is 105 Å². The van der Waals surface area contributed by atoms with Crippen LogP contribution in [0.1, 0.15) is 25.3 Å². The predicted molar refractivity (Wildman–Crippen MR) is 147 cm³/mol. The van der Waals surface area contributed by atoms with Gasteiger partial charge in [0.05, 0.1) is 18.6 Å². The molecule has 0 amide bonds. The van der Waals surface area contributed by atoms with Crippen LogP contribution < -0.4 is 20.7 Å². The van der Waals surface area contributed by atoms with Crippen molar-refractivity contribution in [3.8, 4) is 5.75 Å². The molecule has 3 N–H and O–H groups in total. The van der Waals surface area contributed by atoms with E-state index in [2.05, 4.69) is 48.0 Å². The highest BCUT2D eigenvalue weighted by Gasteiger charge is 2.39. The zero-order valence-corrected chi connectivity index (χ0v) is 21.1. The van der Waals surface area contributed by atoms with E-state index in [1.807, 2.05) is 50.3 Å². The van der Waals surface area contributed by atoms with Gasteiger partial charge in [-0.1, -0.05) is 0 Å². The molecule has 1 aromatic heterocycles. The highest BCUT2D eigenvalue weighted by molar-refractivity contribution is 5.97. The number of allylic oxidation sites excluding steroid dienone is 1. The predicted octanol–water partition coefficient (Wildman–Crippen LogP) is 4.38. The van der Waals surface area contributed by atoms with Crippen LogP contribution in [0.15, 0.2) is 64.9 Å². The summed E-state index contributed by atoms with van der Waals surface area (Å²) in [6.45, 7) is 7.30. The first-order valence-electron chi connectivity index (χ1n) is 12.7. The number of benzene rings is 2. The van der Waals surface area contributed by atoms with E-state index >= 15 is 0 Å². The maximum Gasteiger partial charge on any atom is 0.289 e. The fourth-order valence-corrected chi connectivity index (χ4v) is 4.88. The summed E-state index contributed by atoms with van der Waals surface area (Å²) in [6, 6.07) is 12.6. The van der Waals surface area contributed by atoms with Crippen LogP contribution in [0.3, 0.4) is 0 Å². The number of hydrogen-bond donors (Lipinski definition) is 3. The van der Waals surface area contributed by atoms with Gasteiger partial charge in [-0.05, 0) is 81.1 Å². The number of nitrogens with one attached hydrogen (secondary N) is 3. The fraction of sp³-hybridized carbons (Fsp3) is 0.357. The third kappa shape index (κ3) is 5.13. The average Bonchev–Trinajstić information content (AvgIpc) is 3.28. The number of aryl methyl sites for hydroxylation is 1. The minimum atomic E-state index is -0.173. The Morgan fingerprint density at radius 3 is 2.65 bits per heavy atom. The summed E-state index contributed by atoms with van der Waals surface area (Å²) in [6.07, 6.45) is 7.52. The molecule has 190 valence electrons. The molecule has 0 bridgehead atoms. The van der Waals surface area contributed by atoms with Gasteiger partial charge in [0.2, 0.25) is 0 Å². The Morgan fingerprint density at radius 2 is 1.84 bits per heavy atom. The summed E-state index contributed by atoms with van der Waals surface area (Å²) in [5.41, 5.74) is 4.55. The zero-order valence-electron chi connectivity index (χ0n) is 21.1. The molecule has 1 spiro atoms. The minimum absolute atomic E-state index is 0.0453. The maximum atomic E-state index is 6.24. The van der Waals surface area contributed by atoms with E-state index in [1.165, 1.54) is 0 Å². The normalized spacial score (nSPS) is 20.3. The van der Waals surface area contributed by atoms with Gasteiger partial charge in [-0.15, -0.1) is 0 Å². The molecule has 0 radical (unpaired) electrons. The van der Waals surface area contributed by atoms with E-state index in [9.17, 15) is 0 Å². The van der Waals surface area contributed by atoms with Crippen LogP contribution in [0, 0.1) is 6.92 Å². The van der Waals surface area contributed by atoms with Crippen molar-refractivity contribution in [2.75, 3.05) is 36.8 Å². The van der Waals surface area contributed by atoms with Gasteiger partial charge in [-0.25, -0.2) is 15.0 Å². The van der Waals surface area contributed by atoms with Crippen molar-refractivity contribution in [3.05, 3.63) is 60.4 Å². The van der Waals surface area contributed by atoms with Crippen molar-refractivity contribution in [1.82, 2.24) is 15.3 Å². The number of dihydropyridines is 1. The van der Waals surface area contributed by atoms with Gasteiger partial charge in [0.1, 0.15) is 29.6 Å². The van der Waals surface area contributed by atoms with Crippen molar-refractivity contribution >= 4 is 39.8 Å². The molecule has 1 saturated heterocycles. The molecule has 9 nitrogen and oxygen atoms in total. The molecule has 2 aromatic carbocycles. The second-order valence-electron chi connectivity index (χ2n) is 9.84. The number of fused-ring (bicyclic) bond motifs is 1. The van der Waals surface area contributed by atoms with E-state index < -0.39 is 0 Å². The van der Waals surface area contributed by atoms with Crippen molar-refractivity contribution in [2.45, 2.75) is 38.4 Å². The molecule has 9 heteroatoms. The van der Waals surface area contributed by atoms with Crippen molar-refractivity contribution in [2.24, 2.45) is 9.98 Å². The lowest BCUT2D eigenvalue weighted by molar-refractivity contribution is 0.0537. The SMILES string of the molecule is CC1=NCC(Oc2ccc(Nc3ncnc4ccc(NC5=NCC6(CCNCC6)O5)cc34)cc2C)C=C1. The summed E-state index contributed by atoms with van der Waals surface area (Å²) in [4.78, 5) is 18.0. The number of ether oxygens (including phenoxy) is 2. The summed E-state index contributed by atoms with van der Waals surface area (Å²) in [7, 11) is 0. The first-order valence-corrected chi connectivity index (χ1v) is 12.7. The van der Waals surface area contributed by atoms with Crippen LogP contribution in [0.5, 0.6) is 5.75 Å². The van der Waals surface area contributed by atoms with Gasteiger partial charge >= 0.3 is 0 Å². The number of hydrogen-bond acceptors (Lipinski definition) is 9. The van der Waals surface area contributed by atoms with Gasteiger partial charge in [-0.3, -0.25) is 4.99 Å². The maximum absolute atomic E-state index is 6.24. The van der Waals surface area contributed by atoms with Gasteiger partial charge in [0.15, 0.2) is 0 Å². The number of aromatic nitrogens is 2. The second kappa shape index (κ2) is 9.82. The molecular formula is C28H31N7O2. The first-order chi connectivity index (χ1) is 18.1. The summed E-state index contributed by atoms with van der Waals surface area (Å²) in [5.74, 6) is 1.57. The average molecular weight is 498 g/mol. The lowest BCUT2D eigenvalue weighted by Crippen LogP contribution is -2.45. The van der Waals surface area contributed by atoms with Crippen LogP contribution in [-0.2, 0) is 4.74 Å². The smallest absolute Gasteiger partial charge is 0.289 e. The van der Waals surface area contributed by atoms with Crippen molar-refractivity contribution in [3.63, 3.8) is 0 Å². The molecule has 37 heavy (non-hydrogen) atoms. The Hall–Kier alpha value is -3.98. The Bertz CT molecular complexity index is 1410. The summed E-state index contributed by atoms with van der Waals surface area (Å²) >= 11 is 0. The number of aliphatic imine (C=N–C) groups is 2. The van der Waals surface area contributed by atoms with E-state index in [4.69, 9.17) is 9.47 Å². The molecule has 1 fully saturated rings. The number of rotatable bonds is 5. The fourth-order valence-electron chi connectivity index (χ4n) is 4.88. The van der Waals surface area contributed by atoms with Crippen LogP contribution in [0.2, 0.25) is 0 Å². The van der Waals surface area contributed by atoms with Crippen LogP contribution in [0.4, 0.5) is 17.2 Å². The second-order valence-corrected chi connectivity index (χ2v) is 9.84. The lowest BCUT2D eigenvalue weighted by atomic mass is 9.93. The van der Waals surface area contributed by atoms with Crippen molar-refractivity contribution in [1.29, 1.82) is 0 Å². The Labute approximate surface area is 216 Å². The van der Waals surface area contributed by atoms with Crippen LogP contribution in [0.25, 0.3) is 10.9 Å². The minimum Gasteiger partial charge on any atom is -0.484 e. The molecule has 6 rings (SSSR count). The first kappa shape index (κ1) is 23.4. The molecule has 1 atom stereocenters. The van der Waals surface area contributed by atoms with Crippen LogP contribution in [-0.4, -0.2) is 59.6 Å². The van der Waals surface area contributed by atoms with Crippen molar-refractivity contribution < 1.29 is 9.47 Å². The molecule has 3 aliphatic rings. The summed E-state index contributed by atoms with van der Waals surface area (Å²) in [5, 5.41) is 11.1. The summed E-state index contributed by atoms with van der Waals surface area (Å²) < 4.78 is 12.4. The van der Waals surface area contributed by atoms with Gasteiger partial charge in [0, 0.05) is 35.3 Å². The van der Waals surface area contributed by atoms with E-state index in [-0.39, 0.29) is 11.7 Å². The highest BCUT2D eigenvalue weighted by atomic mass is 16.5. The monoisotopic (exact) mass is 497 g/mol. The van der Waals surface area contributed by atoms with E-state index in [0.29, 0.717) is 19.1 Å². The lowest BCUT2D eigenvalue weighted by Gasteiger charge is -2.32. The molecule has 3 aromatic rings. The molecule has 1 unspecified atom stereocenters. The number of amidine groups is 1.